The van der Waals surface area contributed by atoms with Gasteiger partial charge in [-0.3, -0.25) is 0 Å². The molecule has 2 atom stereocenters. The van der Waals surface area contributed by atoms with Crippen molar-refractivity contribution in [1.29, 1.82) is 0 Å². The minimum atomic E-state index is -0.472. The Bertz CT molecular complexity index is 579. The van der Waals surface area contributed by atoms with Crippen molar-refractivity contribution in [1.82, 2.24) is 4.98 Å². The molecule has 0 saturated carbocycles. The van der Waals surface area contributed by atoms with Crippen LogP contribution in [0.3, 0.4) is 0 Å². The maximum Gasteiger partial charge on any atom is 0.144 e. The van der Waals surface area contributed by atoms with E-state index in [-0.39, 0.29) is 6.10 Å². The van der Waals surface area contributed by atoms with Gasteiger partial charge in [-0.1, -0.05) is 11.6 Å². The summed E-state index contributed by atoms with van der Waals surface area (Å²) < 4.78 is 5.94. The van der Waals surface area contributed by atoms with Gasteiger partial charge in [0.15, 0.2) is 0 Å². The quantitative estimate of drug-likeness (QED) is 0.856. The summed E-state index contributed by atoms with van der Waals surface area (Å²) in [4.78, 5) is 4.44. The molecule has 2 aromatic rings. The predicted octanol–water partition coefficient (Wildman–Crippen LogP) is 3.32. The number of fused-ring (bicyclic) bond motifs is 1. The third-order valence-electron chi connectivity index (χ3n) is 3.20. The second-order valence-electron chi connectivity index (χ2n) is 4.69. The van der Waals surface area contributed by atoms with Crippen molar-refractivity contribution in [3.8, 4) is 5.75 Å². The van der Waals surface area contributed by atoms with Gasteiger partial charge in [0.05, 0.1) is 16.8 Å². The zero-order valence-electron chi connectivity index (χ0n) is 10.4. The van der Waals surface area contributed by atoms with Crippen molar-refractivity contribution < 1.29 is 9.84 Å². The van der Waals surface area contributed by atoms with Gasteiger partial charge in [0.2, 0.25) is 0 Å². The van der Waals surface area contributed by atoms with Gasteiger partial charge in [-0.15, -0.1) is 11.3 Å². The number of hydrogen-bond acceptors (Lipinski definition) is 4. The highest BCUT2D eigenvalue weighted by molar-refractivity contribution is 7.09. The molecule has 1 aromatic carbocycles. The average molecular weight is 261 g/mol. The Kier molecular flexibility index (Phi) is 2.84. The highest BCUT2D eigenvalue weighted by Gasteiger charge is 2.29. The summed E-state index contributed by atoms with van der Waals surface area (Å²) in [6.45, 7) is 3.99. The third-order valence-corrected chi connectivity index (χ3v) is 3.99. The molecule has 3 rings (SSSR count). The summed E-state index contributed by atoms with van der Waals surface area (Å²) >= 11 is 1.61. The molecule has 3 nitrogen and oxygen atoms in total. The molecule has 0 aliphatic carbocycles. The topological polar surface area (TPSA) is 42.4 Å². The van der Waals surface area contributed by atoms with Gasteiger partial charge in [-0.05, 0) is 26.0 Å². The molecule has 0 fully saturated rings. The lowest BCUT2D eigenvalue weighted by molar-refractivity contribution is 0.0638. The Balaban J connectivity index is 1.94. The normalized spacial score (nSPS) is 22.4. The summed E-state index contributed by atoms with van der Waals surface area (Å²) in [5, 5.41) is 13.3. The van der Waals surface area contributed by atoms with Crippen molar-refractivity contribution in [2.24, 2.45) is 0 Å². The van der Waals surface area contributed by atoms with Crippen LogP contribution in [0.25, 0.3) is 0 Å². The van der Waals surface area contributed by atoms with Gasteiger partial charge in [0.25, 0.3) is 0 Å². The molecule has 1 aliphatic heterocycles. The second-order valence-corrected chi connectivity index (χ2v) is 5.75. The van der Waals surface area contributed by atoms with Gasteiger partial charge in [-0.2, -0.15) is 0 Å². The molecule has 0 saturated heterocycles. The summed E-state index contributed by atoms with van der Waals surface area (Å²) in [5.74, 6) is 0.773. The highest BCUT2D eigenvalue weighted by atomic mass is 32.1. The number of ether oxygens (including phenoxy) is 1. The van der Waals surface area contributed by atoms with Crippen LogP contribution in [0.4, 0.5) is 0 Å². The fourth-order valence-corrected chi connectivity index (χ4v) is 2.93. The minimum absolute atomic E-state index is 0.139. The van der Waals surface area contributed by atoms with Crippen molar-refractivity contribution in [2.75, 3.05) is 0 Å². The van der Waals surface area contributed by atoms with Crippen molar-refractivity contribution >= 4 is 11.3 Å². The van der Waals surface area contributed by atoms with E-state index in [2.05, 4.69) is 4.98 Å². The number of nitrogens with zero attached hydrogens (tertiary/aromatic N) is 1. The van der Waals surface area contributed by atoms with Crippen LogP contribution in [0.1, 0.15) is 40.5 Å². The van der Waals surface area contributed by atoms with Crippen LogP contribution in [0.15, 0.2) is 23.6 Å². The first-order chi connectivity index (χ1) is 8.63. The van der Waals surface area contributed by atoms with Crippen molar-refractivity contribution in [3.63, 3.8) is 0 Å². The Hall–Kier alpha value is -1.39. The molecule has 0 spiro atoms. The van der Waals surface area contributed by atoms with E-state index in [1.54, 1.807) is 11.3 Å². The van der Waals surface area contributed by atoms with E-state index in [9.17, 15) is 5.11 Å². The molecule has 0 bridgehead atoms. The highest BCUT2D eigenvalue weighted by Crippen LogP contribution is 2.41. The number of aliphatic hydroxyl groups is 1. The van der Waals surface area contributed by atoms with E-state index < -0.39 is 6.10 Å². The molecule has 1 aliphatic rings. The fourth-order valence-electron chi connectivity index (χ4n) is 2.28. The molecule has 0 radical (unpaired) electrons. The molecule has 94 valence electrons. The van der Waals surface area contributed by atoms with Gasteiger partial charge in [0, 0.05) is 17.4 Å². The Morgan fingerprint density at radius 2 is 2.22 bits per heavy atom. The lowest BCUT2D eigenvalue weighted by atomic mass is 9.96. The molecule has 1 N–H and O–H groups in total. The minimum Gasteiger partial charge on any atom is -0.484 e. The van der Waals surface area contributed by atoms with Gasteiger partial charge >= 0.3 is 0 Å². The van der Waals surface area contributed by atoms with E-state index in [0.717, 1.165) is 27.6 Å². The molecule has 18 heavy (non-hydrogen) atoms. The van der Waals surface area contributed by atoms with E-state index in [0.29, 0.717) is 6.42 Å². The number of hydrogen-bond donors (Lipinski definition) is 1. The van der Waals surface area contributed by atoms with E-state index in [1.165, 1.54) is 0 Å². The van der Waals surface area contributed by atoms with E-state index in [4.69, 9.17) is 4.74 Å². The largest absolute Gasteiger partial charge is 0.484 e. The monoisotopic (exact) mass is 261 g/mol. The van der Waals surface area contributed by atoms with Crippen molar-refractivity contribution in [2.45, 2.75) is 32.5 Å². The first kappa shape index (κ1) is 11.7. The zero-order valence-corrected chi connectivity index (χ0v) is 11.2. The average Bonchev–Trinajstić information content (AvgIpc) is 2.77. The summed E-state index contributed by atoms with van der Waals surface area (Å²) in [6.07, 6.45) is -0.0413. The number of rotatable bonds is 1. The Labute approximate surface area is 110 Å². The third kappa shape index (κ3) is 2.02. The number of aliphatic hydroxyl groups excluding tert-OH is 1. The molecular formula is C14H15NO2S. The van der Waals surface area contributed by atoms with E-state index >= 15 is 0 Å². The SMILES string of the molecule is Cc1ccc2c(c1)[C@@H](O)CC(c1csc(C)n1)O2. The van der Waals surface area contributed by atoms with Crippen LogP contribution >= 0.6 is 11.3 Å². The van der Waals surface area contributed by atoms with Crippen molar-refractivity contribution in [3.05, 3.63) is 45.4 Å². The predicted molar refractivity (Wildman–Crippen MR) is 71.0 cm³/mol. The molecular weight excluding hydrogens is 246 g/mol. The lowest BCUT2D eigenvalue weighted by Gasteiger charge is -2.29. The Morgan fingerprint density at radius 3 is 2.94 bits per heavy atom. The van der Waals surface area contributed by atoms with Gasteiger partial charge < -0.3 is 9.84 Å². The fraction of sp³-hybridized carbons (Fsp3) is 0.357. The summed E-state index contributed by atoms with van der Waals surface area (Å²) in [5.41, 5.74) is 2.94. The molecule has 0 amide bonds. The van der Waals surface area contributed by atoms with E-state index in [1.807, 2.05) is 37.4 Å². The number of thiazole rings is 1. The maximum atomic E-state index is 10.2. The maximum absolute atomic E-state index is 10.2. The molecule has 1 aromatic heterocycles. The lowest BCUT2D eigenvalue weighted by Crippen LogP contribution is -2.19. The standard InChI is InChI=1S/C14H15NO2S/c1-8-3-4-13-10(5-8)12(16)6-14(17-13)11-7-18-9(2)15-11/h3-5,7,12,14,16H,6H2,1-2H3/t12-,14?/m0/s1. The van der Waals surface area contributed by atoms with Crippen LogP contribution in [-0.4, -0.2) is 10.1 Å². The van der Waals surface area contributed by atoms with Crippen LogP contribution in [0.2, 0.25) is 0 Å². The second kappa shape index (κ2) is 4.37. The van der Waals surface area contributed by atoms with Crippen LogP contribution in [-0.2, 0) is 0 Å². The number of aryl methyl sites for hydroxylation is 2. The Morgan fingerprint density at radius 1 is 1.39 bits per heavy atom. The number of benzene rings is 1. The molecule has 4 heteroatoms. The summed E-state index contributed by atoms with van der Waals surface area (Å²) in [7, 11) is 0. The smallest absolute Gasteiger partial charge is 0.144 e. The first-order valence-electron chi connectivity index (χ1n) is 6.01. The first-order valence-corrected chi connectivity index (χ1v) is 6.89. The van der Waals surface area contributed by atoms with Gasteiger partial charge in [-0.25, -0.2) is 4.98 Å². The van der Waals surface area contributed by atoms with Crippen LogP contribution in [0, 0.1) is 13.8 Å². The number of aromatic nitrogens is 1. The zero-order chi connectivity index (χ0) is 12.7. The molecule has 1 unspecified atom stereocenters. The molecule has 2 heterocycles. The van der Waals surface area contributed by atoms with Crippen LogP contribution in [0.5, 0.6) is 5.75 Å². The van der Waals surface area contributed by atoms with Crippen LogP contribution < -0.4 is 4.74 Å². The summed E-state index contributed by atoms with van der Waals surface area (Å²) in [6, 6.07) is 5.92. The van der Waals surface area contributed by atoms with Gasteiger partial charge in [0.1, 0.15) is 11.9 Å².